The van der Waals surface area contributed by atoms with E-state index < -0.39 is 10.0 Å². The van der Waals surface area contributed by atoms with Crippen LogP contribution in [0.4, 0.5) is 17.3 Å². The van der Waals surface area contributed by atoms with Crippen molar-refractivity contribution in [2.75, 3.05) is 50.4 Å². The molecule has 1 saturated heterocycles. The van der Waals surface area contributed by atoms with Crippen molar-refractivity contribution in [1.29, 1.82) is 0 Å². The molecule has 1 aliphatic rings. The smallest absolute Gasteiger partial charge is 0.243 e. The van der Waals surface area contributed by atoms with Gasteiger partial charge in [0, 0.05) is 55.9 Å². The monoisotopic (exact) mass is 494 g/mol. The molecule has 3 aromatic rings. The minimum Gasteiger partial charge on any atom is -0.385 e. The maximum Gasteiger partial charge on any atom is 0.243 e. The number of rotatable bonds is 7. The number of hydrogen-bond donors (Lipinski definition) is 2. The van der Waals surface area contributed by atoms with E-state index in [0.29, 0.717) is 23.9 Å². The van der Waals surface area contributed by atoms with E-state index in [1.54, 1.807) is 34.8 Å². The van der Waals surface area contributed by atoms with Gasteiger partial charge in [-0.3, -0.25) is 0 Å². The van der Waals surface area contributed by atoms with Crippen LogP contribution in [0.2, 0.25) is 0 Å². The van der Waals surface area contributed by atoms with E-state index in [0.717, 1.165) is 42.3 Å². The zero-order chi connectivity index (χ0) is 25.1. The molecule has 1 aliphatic heterocycles. The maximum absolute atomic E-state index is 12.9. The van der Waals surface area contributed by atoms with Gasteiger partial charge >= 0.3 is 0 Å². The Morgan fingerprint density at radius 1 is 0.886 bits per heavy atom. The molecule has 9 heteroatoms. The Labute approximate surface area is 208 Å². The Kier molecular flexibility index (Phi) is 7.39. The van der Waals surface area contributed by atoms with Gasteiger partial charge < -0.3 is 15.5 Å². The number of piperazine rings is 1. The van der Waals surface area contributed by atoms with Crippen LogP contribution in [0.3, 0.4) is 0 Å². The molecule has 35 heavy (non-hydrogen) atoms. The number of likely N-dealkylation sites (N-methyl/N-ethyl adjacent to an activating group) is 1. The standard InChI is InChI=1S/C26H34N6O2S/c1-26(2,3)19-28-21-7-5-20(6-8-21)24-13-14-27-25(30-24)29-22-9-11-23(12-10-22)35(33,34)32-17-15-31(4)16-18-32/h5-14,28H,15-19H2,1-4H3,(H,27,29,30). The predicted molar refractivity (Wildman–Crippen MR) is 141 cm³/mol. The van der Waals surface area contributed by atoms with E-state index in [9.17, 15) is 8.42 Å². The molecule has 4 rings (SSSR count). The highest BCUT2D eigenvalue weighted by Gasteiger charge is 2.27. The summed E-state index contributed by atoms with van der Waals surface area (Å²) in [5.74, 6) is 0.451. The van der Waals surface area contributed by atoms with Crippen molar-refractivity contribution in [2.24, 2.45) is 5.41 Å². The van der Waals surface area contributed by atoms with Crippen LogP contribution in [0.25, 0.3) is 11.3 Å². The van der Waals surface area contributed by atoms with Crippen molar-refractivity contribution in [3.8, 4) is 11.3 Å². The number of anilines is 3. The quantitative estimate of drug-likeness (QED) is 0.507. The van der Waals surface area contributed by atoms with E-state index in [1.165, 1.54) is 0 Å². The third-order valence-corrected chi connectivity index (χ3v) is 7.78. The lowest BCUT2D eigenvalue weighted by Gasteiger charge is -2.31. The highest BCUT2D eigenvalue weighted by Crippen LogP contribution is 2.24. The SMILES string of the molecule is CN1CCN(S(=O)(=O)c2ccc(Nc3nccc(-c4ccc(NCC(C)(C)C)cc4)n3)cc2)CC1. The summed E-state index contributed by atoms with van der Waals surface area (Å²) >= 11 is 0. The number of aromatic nitrogens is 2. The van der Waals surface area contributed by atoms with Crippen molar-refractivity contribution >= 4 is 27.3 Å². The highest BCUT2D eigenvalue weighted by molar-refractivity contribution is 7.89. The van der Waals surface area contributed by atoms with Gasteiger partial charge in [-0.15, -0.1) is 0 Å². The number of sulfonamides is 1. The number of nitrogens with one attached hydrogen (secondary N) is 2. The normalized spacial score (nSPS) is 15.7. The second-order valence-corrected chi connectivity index (χ2v) is 12.1. The minimum atomic E-state index is -3.49. The zero-order valence-corrected chi connectivity index (χ0v) is 21.6. The van der Waals surface area contributed by atoms with Gasteiger partial charge in [-0.05, 0) is 54.9 Å². The van der Waals surface area contributed by atoms with Gasteiger partial charge in [0.05, 0.1) is 10.6 Å². The molecule has 0 aliphatic carbocycles. The van der Waals surface area contributed by atoms with Gasteiger partial charge in [0.2, 0.25) is 16.0 Å². The third kappa shape index (κ3) is 6.56. The summed E-state index contributed by atoms with van der Waals surface area (Å²) in [6.07, 6.45) is 1.71. The maximum atomic E-state index is 12.9. The molecule has 0 bridgehead atoms. The zero-order valence-electron chi connectivity index (χ0n) is 20.8. The molecule has 0 unspecified atom stereocenters. The molecular weight excluding hydrogens is 460 g/mol. The lowest BCUT2D eigenvalue weighted by molar-refractivity contribution is 0.222. The molecule has 1 aromatic heterocycles. The van der Waals surface area contributed by atoms with Crippen LogP contribution >= 0.6 is 0 Å². The molecule has 0 amide bonds. The number of benzene rings is 2. The first-order valence-corrected chi connectivity index (χ1v) is 13.3. The van der Waals surface area contributed by atoms with Crippen LogP contribution in [0, 0.1) is 5.41 Å². The molecular formula is C26H34N6O2S. The summed E-state index contributed by atoms with van der Waals surface area (Å²) in [6, 6.07) is 16.8. The average molecular weight is 495 g/mol. The van der Waals surface area contributed by atoms with Crippen molar-refractivity contribution in [1.82, 2.24) is 19.2 Å². The number of nitrogens with zero attached hydrogens (tertiary/aromatic N) is 4. The van der Waals surface area contributed by atoms with Crippen molar-refractivity contribution in [2.45, 2.75) is 25.7 Å². The van der Waals surface area contributed by atoms with E-state index >= 15 is 0 Å². The van der Waals surface area contributed by atoms with Crippen LogP contribution in [0.1, 0.15) is 20.8 Å². The van der Waals surface area contributed by atoms with Crippen molar-refractivity contribution < 1.29 is 8.42 Å². The second kappa shape index (κ2) is 10.3. The predicted octanol–water partition coefficient (Wildman–Crippen LogP) is 4.28. The van der Waals surface area contributed by atoms with Crippen LogP contribution < -0.4 is 10.6 Å². The molecule has 0 spiro atoms. The van der Waals surface area contributed by atoms with E-state index in [2.05, 4.69) is 58.4 Å². The van der Waals surface area contributed by atoms with Gasteiger partial charge in [0.1, 0.15) is 0 Å². The summed E-state index contributed by atoms with van der Waals surface area (Å²) < 4.78 is 27.4. The first-order chi connectivity index (χ1) is 16.6. The Morgan fingerprint density at radius 2 is 1.51 bits per heavy atom. The summed E-state index contributed by atoms with van der Waals surface area (Å²) in [6.45, 7) is 9.98. The van der Waals surface area contributed by atoms with Crippen molar-refractivity contribution in [3.63, 3.8) is 0 Å². The van der Waals surface area contributed by atoms with Crippen molar-refractivity contribution in [3.05, 3.63) is 60.8 Å². The molecule has 0 saturated carbocycles. The topological polar surface area (TPSA) is 90.5 Å². The second-order valence-electron chi connectivity index (χ2n) is 10.1. The van der Waals surface area contributed by atoms with E-state index in [-0.39, 0.29) is 5.41 Å². The van der Waals surface area contributed by atoms with Gasteiger partial charge in [-0.1, -0.05) is 32.9 Å². The molecule has 0 radical (unpaired) electrons. The highest BCUT2D eigenvalue weighted by atomic mass is 32.2. The Balaban J connectivity index is 1.42. The Morgan fingerprint density at radius 3 is 2.14 bits per heavy atom. The molecule has 2 heterocycles. The fourth-order valence-electron chi connectivity index (χ4n) is 3.72. The lowest BCUT2D eigenvalue weighted by atomic mass is 9.97. The molecule has 0 atom stereocenters. The molecule has 2 N–H and O–H groups in total. The summed E-state index contributed by atoms with van der Waals surface area (Å²) in [4.78, 5) is 11.4. The first kappa shape index (κ1) is 25.1. The average Bonchev–Trinajstić information content (AvgIpc) is 2.83. The van der Waals surface area contributed by atoms with Crippen LogP contribution in [0.5, 0.6) is 0 Å². The van der Waals surface area contributed by atoms with Crippen LogP contribution in [-0.4, -0.2) is 67.4 Å². The fraction of sp³-hybridized carbons (Fsp3) is 0.385. The molecule has 1 fully saturated rings. The largest absolute Gasteiger partial charge is 0.385 e. The molecule has 8 nitrogen and oxygen atoms in total. The Hall–Kier alpha value is -3.01. The van der Waals surface area contributed by atoms with E-state index in [4.69, 9.17) is 0 Å². The van der Waals surface area contributed by atoms with Gasteiger partial charge in [0.15, 0.2) is 0 Å². The Bertz CT molecular complexity index is 1230. The summed E-state index contributed by atoms with van der Waals surface area (Å²) in [5.41, 5.74) is 3.80. The van der Waals surface area contributed by atoms with Crippen LogP contribution in [-0.2, 0) is 10.0 Å². The minimum absolute atomic E-state index is 0.207. The number of hydrogen-bond acceptors (Lipinski definition) is 7. The lowest BCUT2D eigenvalue weighted by Crippen LogP contribution is -2.46. The van der Waals surface area contributed by atoms with Gasteiger partial charge in [-0.2, -0.15) is 4.31 Å². The summed E-state index contributed by atoms with van der Waals surface area (Å²) in [5, 5.41) is 6.63. The third-order valence-electron chi connectivity index (χ3n) is 5.87. The van der Waals surface area contributed by atoms with E-state index in [1.807, 2.05) is 25.2 Å². The summed E-state index contributed by atoms with van der Waals surface area (Å²) in [7, 11) is -1.49. The van der Waals surface area contributed by atoms with Crippen LogP contribution in [0.15, 0.2) is 65.7 Å². The fourth-order valence-corrected chi connectivity index (χ4v) is 5.14. The van der Waals surface area contributed by atoms with Gasteiger partial charge in [0.25, 0.3) is 0 Å². The molecule has 2 aromatic carbocycles. The first-order valence-electron chi connectivity index (χ1n) is 11.8. The van der Waals surface area contributed by atoms with Gasteiger partial charge in [-0.25, -0.2) is 18.4 Å². The molecule has 186 valence electrons.